The van der Waals surface area contributed by atoms with Crippen molar-refractivity contribution in [3.05, 3.63) is 22.4 Å². The van der Waals surface area contributed by atoms with Gasteiger partial charge in [-0.1, -0.05) is 13.8 Å². The van der Waals surface area contributed by atoms with Crippen LogP contribution in [-0.4, -0.2) is 24.3 Å². The van der Waals surface area contributed by atoms with Gasteiger partial charge in [-0.05, 0) is 36.4 Å². The largest absolute Gasteiger partial charge is 0.301 e. The average Bonchev–Trinajstić information content (AvgIpc) is 2.54. The molecule has 0 aliphatic heterocycles. The Hall–Kier alpha value is -0.670. The van der Waals surface area contributed by atoms with E-state index in [0.29, 0.717) is 0 Å². The molecule has 1 aromatic heterocycles. The van der Waals surface area contributed by atoms with Crippen molar-refractivity contribution in [2.45, 2.75) is 27.3 Å². The van der Waals surface area contributed by atoms with Crippen LogP contribution in [0.5, 0.6) is 0 Å². The molecule has 3 heteroatoms. The van der Waals surface area contributed by atoms with Gasteiger partial charge in [0.1, 0.15) is 5.78 Å². The van der Waals surface area contributed by atoms with E-state index in [-0.39, 0.29) is 11.2 Å². The van der Waals surface area contributed by atoms with Crippen molar-refractivity contribution in [2.24, 2.45) is 5.41 Å². The number of carbonyl (C=O) groups excluding carboxylic acids is 1. The van der Waals surface area contributed by atoms with Crippen molar-refractivity contribution in [2.75, 3.05) is 13.6 Å². The predicted octanol–water partition coefficient (Wildman–Crippen LogP) is 2.80. The molecule has 2 nitrogen and oxygen atoms in total. The smallest absolute Gasteiger partial charge is 0.136 e. The Morgan fingerprint density at radius 3 is 2.67 bits per heavy atom. The lowest BCUT2D eigenvalue weighted by Gasteiger charge is -2.27. The fourth-order valence-corrected chi connectivity index (χ4v) is 2.20. The normalized spacial score (nSPS) is 12.1. The molecule has 0 atom stereocenters. The minimum absolute atomic E-state index is 0.245. The van der Waals surface area contributed by atoms with Crippen molar-refractivity contribution in [1.82, 2.24) is 4.90 Å². The Bertz CT molecular complexity index is 316. The van der Waals surface area contributed by atoms with Crippen molar-refractivity contribution >= 4 is 17.1 Å². The molecule has 0 aliphatic carbocycles. The van der Waals surface area contributed by atoms with E-state index >= 15 is 0 Å². The van der Waals surface area contributed by atoms with E-state index in [2.05, 4.69) is 28.8 Å². The summed E-state index contributed by atoms with van der Waals surface area (Å²) in [6, 6.07) is 2.13. The van der Waals surface area contributed by atoms with Gasteiger partial charge in [-0.15, -0.1) is 0 Å². The number of Topliss-reactive ketones (excluding diaryl/α,β-unsaturated/α-hetero) is 1. The summed E-state index contributed by atoms with van der Waals surface area (Å²) in [6.07, 6.45) is 0. The van der Waals surface area contributed by atoms with Gasteiger partial charge in [0, 0.05) is 18.5 Å². The lowest BCUT2D eigenvalue weighted by atomic mass is 9.88. The van der Waals surface area contributed by atoms with E-state index in [1.165, 1.54) is 5.56 Å². The summed E-state index contributed by atoms with van der Waals surface area (Å²) >= 11 is 1.71. The van der Waals surface area contributed by atoms with Gasteiger partial charge in [-0.2, -0.15) is 11.3 Å². The maximum atomic E-state index is 11.4. The molecule has 0 amide bonds. The number of rotatable bonds is 5. The summed E-state index contributed by atoms with van der Waals surface area (Å²) in [4.78, 5) is 13.6. The van der Waals surface area contributed by atoms with Gasteiger partial charge in [-0.25, -0.2) is 0 Å². The van der Waals surface area contributed by atoms with Crippen LogP contribution in [-0.2, 0) is 11.3 Å². The third-order valence-electron chi connectivity index (χ3n) is 2.65. The van der Waals surface area contributed by atoms with E-state index in [0.717, 1.165) is 13.1 Å². The van der Waals surface area contributed by atoms with Gasteiger partial charge in [0.05, 0.1) is 0 Å². The molecule has 0 aromatic carbocycles. The minimum atomic E-state index is -0.245. The summed E-state index contributed by atoms with van der Waals surface area (Å²) in [5.74, 6) is 0.250. The highest BCUT2D eigenvalue weighted by Gasteiger charge is 2.25. The molecule has 15 heavy (non-hydrogen) atoms. The molecule has 1 aromatic rings. The molecule has 0 spiro atoms. The van der Waals surface area contributed by atoms with Crippen LogP contribution in [0.3, 0.4) is 0 Å². The molecule has 1 rings (SSSR count). The predicted molar refractivity (Wildman–Crippen MR) is 65.1 cm³/mol. The number of thiophene rings is 1. The summed E-state index contributed by atoms with van der Waals surface area (Å²) in [5, 5.41) is 4.23. The second-order valence-electron chi connectivity index (χ2n) is 4.74. The van der Waals surface area contributed by atoms with E-state index < -0.39 is 0 Å². The SMILES string of the molecule is CC(=O)C(C)(C)CN(C)Cc1ccsc1. The van der Waals surface area contributed by atoms with E-state index in [9.17, 15) is 4.79 Å². The molecule has 0 bridgehead atoms. The second-order valence-corrected chi connectivity index (χ2v) is 5.52. The molecule has 0 N–H and O–H groups in total. The fourth-order valence-electron chi connectivity index (χ4n) is 1.54. The molecule has 0 unspecified atom stereocenters. The number of hydrogen-bond donors (Lipinski definition) is 0. The Kier molecular flexibility index (Phi) is 4.05. The maximum Gasteiger partial charge on any atom is 0.136 e. The highest BCUT2D eigenvalue weighted by molar-refractivity contribution is 7.07. The van der Waals surface area contributed by atoms with Crippen LogP contribution in [0.1, 0.15) is 26.3 Å². The van der Waals surface area contributed by atoms with Crippen LogP contribution < -0.4 is 0 Å². The zero-order chi connectivity index (χ0) is 11.5. The van der Waals surface area contributed by atoms with Crippen LogP contribution >= 0.6 is 11.3 Å². The van der Waals surface area contributed by atoms with E-state index in [4.69, 9.17) is 0 Å². The molecular formula is C12H19NOS. The molecule has 84 valence electrons. The topological polar surface area (TPSA) is 20.3 Å². The molecule has 0 radical (unpaired) electrons. The summed E-state index contributed by atoms with van der Waals surface area (Å²) in [7, 11) is 2.06. The van der Waals surface area contributed by atoms with E-state index in [1.54, 1.807) is 18.3 Å². The lowest BCUT2D eigenvalue weighted by Crippen LogP contribution is -2.35. The number of hydrogen-bond acceptors (Lipinski definition) is 3. The van der Waals surface area contributed by atoms with Crippen molar-refractivity contribution in [3.8, 4) is 0 Å². The third-order valence-corrected chi connectivity index (χ3v) is 3.38. The van der Waals surface area contributed by atoms with Gasteiger partial charge in [-0.3, -0.25) is 4.79 Å². The van der Waals surface area contributed by atoms with Crippen LogP contribution in [0.25, 0.3) is 0 Å². The minimum Gasteiger partial charge on any atom is -0.301 e. The Balaban J connectivity index is 2.49. The quantitative estimate of drug-likeness (QED) is 0.768. The number of carbonyl (C=O) groups is 1. The van der Waals surface area contributed by atoms with Crippen LogP contribution in [0.4, 0.5) is 0 Å². The zero-order valence-electron chi connectivity index (χ0n) is 9.91. The Morgan fingerprint density at radius 2 is 2.20 bits per heavy atom. The molecule has 0 aliphatic rings. The number of ketones is 1. The highest BCUT2D eigenvalue weighted by atomic mass is 32.1. The standard InChI is InChI=1S/C12H19NOS/c1-10(14)12(2,3)9-13(4)7-11-5-6-15-8-11/h5-6,8H,7,9H2,1-4H3. The molecule has 0 saturated carbocycles. The average molecular weight is 225 g/mol. The third kappa shape index (κ3) is 3.76. The first-order valence-corrected chi connectivity index (χ1v) is 6.07. The van der Waals surface area contributed by atoms with Gasteiger partial charge < -0.3 is 4.90 Å². The van der Waals surface area contributed by atoms with Crippen molar-refractivity contribution < 1.29 is 4.79 Å². The van der Waals surface area contributed by atoms with Crippen LogP contribution in [0.15, 0.2) is 16.8 Å². The first kappa shape index (κ1) is 12.4. The zero-order valence-corrected chi connectivity index (χ0v) is 10.7. The van der Waals surface area contributed by atoms with Gasteiger partial charge in [0.15, 0.2) is 0 Å². The van der Waals surface area contributed by atoms with Crippen molar-refractivity contribution in [3.63, 3.8) is 0 Å². The fraction of sp³-hybridized carbons (Fsp3) is 0.583. The molecular weight excluding hydrogens is 206 g/mol. The Morgan fingerprint density at radius 1 is 1.53 bits per heavy atom. The first-order chi connectivity index (χ1) is 6.92. The Labute approximate surface area is 95.9 Å². The summed E-state index contributed by atoms with van der Waals surface area (Å²) in [6.45, 7) is 7.38. The summed E-state index contributed by atoms with van der Waals surface area (Å²) < 4.78 is 0. The van der Waals surface area contributed by atoms with Crippen LogP contribution in [0.2, 0.25) is 0 Å². The summed E-state index contributed by atoms with van der Waals surface area (Å²) in [5.41, 5.74) is 1.08. The number of nitrogens with zero attached hydrogens (tertiary/aromatic N) is 1. The van der Waals surface area contributed by atoms with Crippen LogP contribution in [0, 0.1) is 5.41 Å². The molecule has 0 fully saturated rings. The monoisotopic (exact) mass is 225 g/mol. The van der Waals surface area contributed by atoms with Gasteiger partial charge in [0.25, 0.3) is 0 Å². The molecule has 0 saturated heterocycles. The highest BCUT2D eigenvalue weighted by Crippen LogP contribution is 2.19. The van der Waals surface area contributed by atoms with E-state index in [1.807, 2.05) is 13.8 Å². The van der Waals surface area contributed by atoms with Gasteiger partial charge in [0.2, 0.25) is 0 Å². The van der Waals surface area contributed by atoms with Crippen molar-refractivity contribution in [1.29, 1.82) is 0 Å². The maximum absolute atomic E-state index is 11.4. The second kappa shape index (κ2) is 4.90. The van der Waals surface area contributed by atoms with Gasteiger partial charge >= 0.3 is 0 Å². The lowest BCUT2D eigenvalue weighted by molar-refractivity contribution is -0.125. The molecule has 1 heterocycles. The first-order valence-electron chi connectivity index (χ1n) is 5.12.